The molecule has 1 aromatic rings. The van der Waals surface area contributed by atoms with Crippen molar-refractivity contribution in [1.29, 1.82) is 5.26 Å². The smallest absolute Gasteiger partial charge is 0.318 e. The number of thioether (sulfide) groups is 1. The molecule has 1 aromatic heterocycles. The summed E-state index contributed by atoms with van der Waals surface area (Å²) >= 11 is 1.42. The standard InChI is InChI=1S/C14H14N4O3S/c15-5-9-1-3-17(4-2-9)6-14(13(20)21)7-18-11(19)10(16)12(18)22-8-14/h1-4,10,12H,6-8,16H2/p+1/t10?,12-,14?/m1/s1. The Morgan fingerprint density at radius 2 is 2.27 bits per heavy atom. The van der Waals surface area contributed by atoms with Gasteiger partial charge < -0.3 is 15.7 Å². The number of fused-ring (bicyclic) bond motifs is 1. The van der Waals surface area contributed by atoms with Gasteiger partial charge >= 0.3 is 5.97 Å². The minimum atomic E-state index is -1.05. The van der Waals surface area contributed by atoms with Crippen LogP contribution in [-0.4, -0.2) is 45.6 Å². The first-order valence-corrected chi connectivity index (χ1v) is 7.82. The van der Waals surface area contributed by atoms with Crippen molar-refractivity contribution in [3.63, 3.8) is 0 Å². The van der Waals surface area contributed by atoms with Crippen LogP contribution in [-0.2, 0) is 16.1 Å². The Labute approximate surface area is 131 Å². The van der Waals surface area contributed by atoms with E-state index in [2.05, 4.69) is 0 Å². The van der Waals surface area contributed by atoms with Crippen LogP contribution in [0.5, 0.6) is 0 Å². The number of hydrogen-bond acceptors (Lipinski definition) is 5. The highest BCUT2D eigenvalue weighted by Gasteiger charge is 2.57. The van der Waals surface area contributed by atoms with Crippen LogP contribution in [0.15, 0.2) is 24.5 Å². The Kier molecular flexibility index (Phi) is 3.54. The summed E-state index contributed by atoms with van der Waals surface area (Å²) in [4.78, 5) is 25.2. The molecule has 2 aliphatic heterocycles. The van der Waals surface area contributed by atoms with E-state index in [0.717, 1.165) is 0 Å². The summed E-state index contributed by atoms with van der Waals surface area (Å²) in [6.07, 6.45) is 3.37. The van der Waals surface area contributed by atoms with Crippen molar-refractivity contribution in [2.75, 3.05) is 12.3 Å². The van der Waals surface area contributed by atoms with Crippen LogP contribution in [0.4, 0.5) is 0 Å². The maximum Gasteiger partial charge on any atom is 0.318 e. The van der Waals surface area contributed by atoms with Crippen LogP contribution in [0.25, 0.3) is 0 Å². The van der Waals surface area contributed by atoms with E-state index in [1.165, 1.54) is 11.8 Å². The number of aromatic nitrogens is 1. The number of nitrogens with two attached hydrogens (primary N) is 1. The number of carboxylic acids is 1. The summed E-state index contributed by atoms with van der Waals surface area (Å²) in [6.45, 7) is 0.409. The van der Waals surface area contributed by atoms with Crippen molar-refractivity contribution in [3.8, 4) is 6.07 Å². The SMILES string of the molecule is N#Cc1cc[n+](CC2(C(=O)O)CS[C@@H]3C(N)C(=O)N3C2)cc1. The Morgan fingerprint density at radius 1 is 1.59 bits per heavy atom. The van der Waals surface area contributed by atoms with Gasteiger partial charge in [0.05, 0.1) is 11.6 Å². The lowest BCUT2D eigenvalue weighted by Crippen LogP contribution is -2.73. The number of pyridine rings is 1. The first-order valence-electron chi connectivity index (χ1n) is 6.77. The van der Waals surface area contributed by atoms with Gasteiger partial charge in [-0.05, 0) is 0 Å². The molecule has 8 heteroatoms. The zero-order chi connectivity index (χ0) is 15.9. The number of amides is 1. The molecule has 2 saturated heterocycles. The molecule has 2 aliphatic rings. The van der Waals surface area contributed by atoms with Crippen LogP contribution in [0.1, 0.15) is 5.56 Å². The van der Waals surface area contributed by atoms with Crippen molar-refractivity contribution >= 4 is 23.6 Å². The molecule has 0 saturated carbocycles. The summed E-state index contributed by atoms with van der Waals surface area (Å²) in [5, 5.41) is 18.4. The van der Waals surface area contributed by atoms with Crippen LogP contribution in [0.3, 0.4) is 0 Å². The predicted octanol–water partition coefficient (Wildman–Crippen LogP) is -0.841. The van der Waals surface area contributed by atoms with Crippen LogP contribution < -0.4 is 10.3 Å². The molecule has 0 bridgehead atoms. The minimum absolute atomic E-state index is 0.106. The maximum absolute atomic E-state index is 11.8. The van der Waals surface area contributed by atoms with Crippen LogP contribution >= 0.6 is 11.8 Å². The highest BCUT2D eigenvalue weighted by molar-refractivity contribution is 8.00. The van der Waals surface area contributed by atoms with Crippen molar-refractivity contribution < 1.29 is 19.3 Å². The Bertz CT molecular complexity index is 672. The number of β-lactam (4-membered cyclic amide) rings is 1. The lowest BCUT2D eigenvalue weighted by Gasteiger charge is -2.51. The third kappa shape index (κ3) is 2.23. The van der Waals surface area contributed by atoms with Gasteiger partial charge in [-0.25, -0.2) is 4.57 Å². The van der Waals surface area contributed by atoms with E-state index in [4.69, 9.17) is 11.0 Å². The molecule has 3 rings (SSSR count). The number of nitriles is 1. The molecule has 3 N–H and O–H groups in total. The number of hydrogen-bond donors (Lipinski definition) is 2. The van der Waals surface area contributed by atoms with Crippen molar-refractivity contribution in [2.24, 2.45) is 11.1 Å². The molecule has 2 fully saturated rings. The summed E-state index contributed by atoms with van der Waals surface area (Å²) in [7, 11) is 0. The molecule has 22 heavy (non-hydrogen) atoms. The number of rotatable bonds is 3. The topological polar surface area (TPSA) is 111 Å². The molecule has 0 radical (unpaired) electrons. The van der Waals surface area contributed by atoms with Crippen LogP contribution in [0, 0.1) is 16.7 Å². The average molecular weight is 319 g/mol. The zero-order valence-corrected chi connectivity index (χ0v) is 12.5. The second kappa shape index (κ2) is 5.26. The van der Waals surface area contributed by atoms with Gasteiger partial charge in [-0.2, -0.15) is 5.26 Å². The van der Waals surface area contributed by atoms with Gasteiger partial charge in [0.25, 0.3) is 0 Å². The fourth-order valence-electron chi connectivity index (χ4n) is 2.81. The summed E-state index contributed by atoms with van der Waals surface area (Å²) in [5.74, 6) is -0.714. The van der Waals surface area contributed by atoms with Gasteiger partial charge in [-0.3, -0.25) is 9.59 Å². The normalized spacial score (nSPS) is 30.2. The zero-order valence-electron chi connectivity index (χ0n) is 11.7. The lowest BCUT2D eigenvalue weighted by molar-refractivity contribution is -0.706. The van der Waals surface area contributed by atoms with Gasteiger partial charge in [0.2, 0.25) is 5.91 Å². The number of carbonyl (C=O) groups is 2. The first-order chi connectivity index (χ1) is 10.5. The molecule has 1 amide bonds. The second-order valence-electron chi connectivity index (χ2n) is 5.65. The molecular weight excluding hydrogens is 304 g/mol. The van der Waals surface area contributed by atoms with Crippen molar-refractivity contribution in [2.45, 2.75) is 18.0 Å². The van der Waals surface area contributed by atoms with E-state index in [1.807, 2.05) is 6.07 Å². The number of carbonyl (C=O) groups excluding carboxylic acids is 1. The molecule has 0 aliphatic carbocycles. The van der Waals surface area contributed by atoms with Crippen molar-refractivity contribution in [3.05, 3.63) is 30.1 Å². The maximum atomic E-state index is 11.8. The quantitative estimate of drug-likeness (QED) is 0.555. The minimum Gasteiger partial charge on any atom is -0.481 e. The van der Waals surface area contributed by atoms with Gasteiger partial charge in [-0.1, -0.05) is 0 Å². The highest BCUT2D eigenvalue weighted by Crippen LogP contribution is 2.41. The number of aliphatic carboxylic acids is 1. The molecular formula is C14H15N4O3S+. The van der Waals surface area contributed by atoms with E-state index >= 15 is 0 Å². The fourth-order valence-corrected chi connectivity index (χ4v) is 4.29. The predicted molar refractivity (Wildman–Crippen MR) is 77.4 cm³/mol. The highest BCUT2D eigenvalue weighted by atomic mass is 32.2. The fraction of sp³-hybridized carbons (Fsp3) is 0.429. The average Bonchev–Trinajstić information content (AvgIpc) is 2.54. The molecule has 2 unspecified atom stereocenters. The van der Waals surface area contributed by atoms with E-state index < -0.39 is 17.4 Å². The molecule has 114 valence electrons. The monoisotopic (exact) mass is 319 g/mol. The van der Waals surface area contributed by atoms with E-state index in [1.54, 1.807) is 34.0 Å². The number of carboxylic acid groups (broad SMARTS) is 1. The van der Waals surface area contributed by atoms with E-state index in [0.29, 0.717) is 11.3 Å². The van der Waals surface area contributed by atoms with Gasteiger partial charge in [0.15, 0.2) is 24.4 Å². The van der Waals surface area contributed by atoms with Gasteiger partial charge in [0, 0.05) is 24.4 Å². The molecule has 3 heterocycles. The molecule has 0 spiro atoms. The van der Waals surface area contributed by atoms with Gasteiger partial charge in [-0.15, -0.1) is 11.8 Å². The number of nitrogens with zero attached hydrogens (tertiary/aromatic N) is 3. The first kappa shape index (κ1) is 14.8. The van der Waals surface area contributed by atoms with Crippen LogP contribution in [0.2, 0.25) is 0 Å². The Morgan fingerprint density at radius 3 is 2.86 bits per heavy atom. The van der Waals surface area contributed by atoms with Gasteiger partial charge in [0.1, 0.15) is 11.4 Å². The third-order valence-corrected chi connectivity index (χ3v) is 5.75. The Hall–Kier alpha value is -2.11. The summed E-state index contributed by atoms with van der Waals surface area (Å²) < 4.78 is 1.74. The summed E-state index contributed by atoms with van der Waals surface area (Å²) in [5.41, 5.74) is 5.20. The molecule has 3 atom stereocenters. The second-order valence-corrected chi connectivity index (χ2v) is 6.75. The van der Waals surface area contributed by atoms with E-state index in [9.17, 15) is 14.7 Å². The van der Waals surface area contributed by atoms with Crippen molar-refractivity contribution in [1.82, 2.24) is 4.90 Å². The summed E-state index contributed by atoms with van der Waals surface area (Å²) in [6, 6.07) is 4.78. The molecule has 0 aromatic carbocycles. The lowest BCUT2D eigenvalue weighted by atomic mass is 9.87. The van der Waals surface area contributed by atoms with E-state index in [-0.39, 0.29) is 24.4 Å². The third-order valence-electron chi connectivity index (χ3n) is 4.15. The largest absolute Gasteiger partial charge is 0.481 e. The molecule has 7 nitrogen and oxygen atoms in total. The Balaban J connectivity index is 1.82.